The normalized spacial score (nSPS) is 11.6. The molecule has 4 aromatic rings. The second-order valence-electron chi connectivity index (χ2n) is 8.05. The predicted octanol–water partition coefficient (Wildman–Crippen LogP) is 6.35. The van der Waals surface area contributed by atoms with Gasteiger partial charge >= 0.3 is 6.18 Å². The van der Waals surface area contributed by atoms with Crippen molar-refractivity contribution in [3.8, 4) is 17.2 Å². The molecule has 192 valence electrons. The minimum absolute atomic E-state index is 0.0952. The van der Waals surface area contributed by atoms with E-state index in [0.29, 0.717) is 22.4 Å². The zero-order valence-corrected chi connectivity index (χ0v) is 20.3. The molecule has 0 aliphatic carbocycles. The Morgan fingerprint density at radius 2 is 1.51 bits per heavy atom. The summed E-state index contributed by atoms with van der Waals surface area (Å²) in [5.41, 5.74) is 1.37. The molecule has 10 heteroatoms. The molecule has 0 amide bonds. The van der Waals surface area contributed by atoms with Crippen molar-refractivity contribution in [1.29, 1.82) is 0 Å². The van der Waals surface area contributed by atoms with Crippen LogP contribution < -0.4 is 13.8 Å². The monoisotopic (exact) mass is 528 g/mol. The molecule has 1 aromatic heterocycles. The average molecular weight is 529 g/mol. The maximum atomic E-state index is 13.1. The number of pyridine rings is 1. The van der Waals surface area contributed by atoms with Gasteiger partial charge in [-0.25, -0.2) is 8.42 Å². The molecule has 0 fully saturated rings. The number of aromatic nitrogens is 1. The molecule has 0 atom stereocenters. The molecule has 1 heterocycles. The van der Waals surface area contributed by atoms with Crippen molar-refractivity contribution in [3.05, 3.63) is 115 Å². The zero-order valence-electron chi connectivity index (χ0n) is 19.5. The molecular weight excluding hydrogens is 505 g/mol. The Labute approximate surface area is 213 Å². The zero-order chi connectivity index (χ0) is 26.3. The highest BCUT2D eigenvalue weighted by Crippen LogP contribution is 2.31. The molecule has 0 spiro atoms. The van der Waals surface area contributed by atoms with Gasteiger partial charge in [-0.2, -0.15) is 13.2 Å². The van der Waals surface area contributed by atoms with Crippen LogP contribution in [-0.2, 0) is 23.2 Å². The van der Waals surface area contributed by atoms with Crippen LogP contribution in [0.15, 0.2) is 103 Å². The molecule has 0 unspecified atom stereocenters. The summed E-state index contributed by atoms with van der Waals surface area (Å²) < 4.78 is 77.4. The van der Waals surface area contributed by atoms with Gasteiger partial charge in [-0.15, -0.1) is 0 Å². The van der Waals surface area contributed by atoms with Crippen LogP contribution in [0.5, 0.6) is 17.2 Å². The van der Waals surface area contributed by atoms with Gasteiger partial charge in [0.1, 0.15) is 23.9 Å². The van der Waals surface area contributed by atoms with Crippen LogP contribution in [0.2, 0.25) is 0 Å². The molecule has 0 N–H and O–H groups in total. The molecule has 37 heavy (non-hydrogen) atoms. The number of rotatable bonds is 10. The van der Waals surface area contributed by atoms with Gasteiger partial charge in [0.05, 0.1) is 12.2 Å². The molecule has 3 aromatic carbocycles. The number of benzene rings is 3. The topological polar surface area (TPSA) is 68.7 Å². The van der Waals surface area contributed by atoms with E-state index in [1.54, 1.807) is 42.5 Å². The SMILES string of the molecule is O=S(=O)(CC(F)(F)F)N(Cc1cnccc1Oc1cccc(OCc2ccccc2)c1)c1ccccc1. The Balaban J connectivity index is 1.57. The lowest BCUT2D eigenvalue weighted by Crippen LogP contribution is -2.37. The van der Waals surface area contributed by atoms with Crippen LogP contribution in [0, 0.1) is 0 Å². The van der Waals surface area contributed by atoms with E-state index < -0.39 is 28.5 Å². The fourth-order valence-electron chi connectivity index (χ4n) is 3.51. The number of para-hydroxylation sites is 1. The number of anilines is 1. The molecule has 0 aliphatic heterocycles. The third-order valence-electron chi connectivity index (χ3n) is 5.18. The first-order valence-electron chi connectivity index (χ1n) is 11.2. The first-order valence-corrected chi connectivity index (χ1v) is 12.8. The minimum Gasteiger partial charge on any atom is -0.489 e. The van der Waals surface area contributed by atoms with Gasteiger partial charge < -0.3 is 9.47 Å². The number of hydrogen-bond donors (Lipinski definition) is 0. The van der Waals surface area contributed by atoms with Gasteiger partial charge in [-0.1, -0.05) is 54.6 Å². The maximum absolute atomic E-state index is 13.1. The highest BCUT2D eigenvalue weighted by atomic mass is 32.2. The summed E-state index contributed by atoms with van der Waals surface area (Å²) in [6.45, 7) is -0.0519. The Hall–Kier alpha value is -4.05. The van der Waals surface area contributed by atoms with E-state index in [1.807, 2.05) is 30.3 Å². The lowest BCUT2D eigenvalue weighted by Gasteiger charge is -2.26. The van der Waals surface area contributed by atoms with Gasteiger partial charge in [0.2, 0.25) is 10.0 Å². The first kappa shape index (κ1) is 26.0. The van der Waals surface area contributed by atoms with Gasteiger partial charge in [0.15, 0.2) is 5.75 Å². The fraction of sp³-hybridized carbons (Fsp3) is 0.148. The van der Waals surface area contributed by atoms with Crippen LogP contribution in [0.1, 0.15) is 11.1 Å². The van der Waals surface area contributed by atoms with Gasteiger partial charge in [-0.05, 0) is 35.9 Å². The van der Waals surface area contributed by atoms with Crippen molar-refractivity contribution in [2.24, 2.45) is 0 Å². The third kappa shape index (κ3) is 7.47. The first-order chi connectivity index (χ1) is 17.7. The molecule has 0 saturated heterocycles. The molecule has 0 radical (unpaired) electrons. The number of alkyl halides is 3. The summed E-state index contributed by atoms with van der Waals surface area (Å²) >= 11 is 0. The quantitative estimate of drug-likeness (QED) is 0.240. The molecular formula is C27H23F3N2O4S. The number of halogens is 3. The standard InChI is InChI=1S/C27H23F3N2O4S/c28-27(29,30)20-37(33,34)32(23-10-5-2-6-11-23)18-22-17-31-15-14-26(22)36-25-13-7-12-24(16-25)35-19-21-8-3-1-4-9-21/h1-17H,18-20H2. The lowest BCUT2D eigenvalue weighted by atomic mass is 10.2. The predicted molar refractivity (Wildman–Crippen MR) is 134 cm³/mol. The van der Waals surface area contributed by atoms with E-state index >= 15 is 0 Å². The van der Waals surface area contributed by atoms with Crippen molar-refractivity contribution < 1.29 is 31.1 Å². The summed E-state index contributed by atoms with van der Waals surface area (Å²) in [7, 11) is -4.76. The molecule has 4 rings (SSSR count). The van der Waals surface area contributed by atoms with Gasteiger partial charge in [-0.3, -0.25) is 9.29 Å². The Morgan fingerprint density at radius 3 is 2.22 bits per heavy atom. The summed E-state index contributed by atoms with van der Waals surface area (Å²) in [4.78, 5) is 4.02. The lowest BCUT2D eigenvalue weighted by molar-refractivity contribution is -0.106. The third-order valence-corrected chi connectivity index (χ3v) is 6.88. The summed E-state index contributed by atoms with van der Waals surface area (Å²) in [5, 5.41) is 0. The van der Waals surface area contributed by atoms with Crippen molar-refractivity contribution in [2.45, 2.75) is 19.3 Å². The largest absolute Gasteiger partial charge is 0.489 e. The minimum atomic E-state index is -4.90. The Kier molecular flexibility index (Phi) is 7.98. The second-order valence-corrected chi connectivity index (χ2v) is 9.94. The average Bonchev–Trinajstić information content (AvgIpc) is 2.87. The fourth-order valence-corrected chi connectivity index (χ4v) is 4.86. The number of sulfonamides is 1. The highest BCUT2D eigenvalue weighted by molar-refractivity contribution is 7.92. The maximum Gasteiger partial charge on any atom is 0.404 e. The van der Waals surface area contributed by atoms with Crippen LogP contribution >= 0.6 is 0 Å². The van der Waals surface area contributed by atoms with E-state index in [2.05, 4.69) is 4.98 Å². The number of ether oxygens (including phenoxy) is 2. The molecule has 0 aliphatic rings. The van der Waals surface area contributed by atoms with Crippen LogP contribution in [0.3, 0.4) is 0 Å². The highest BCUT2D eigenvalue weighted by Gasteiger charge is 2.39. The molecule has 0 bridgehead atoms. The molecule has 6 nitrogen and oxygen atoms in total. The van der Waals surface area contributed by atoms with Gasteiger partial charge in [0, 0.05) is 24.0 Å². The van der Waals surface area contributed by atoms with Gasteiger partial charge in [0.25, 0.3) is 0 Å². The number of hydrogen-bond acceptors (Lipinski definition) is 5. The van der Waals surface area contributed by atoms with Crippen molar-refractivity contribution >= 4 is 15.7 Å². The Morgan fingerprint density at radius 1 is 0.838 bits per heavy atom. The number of nitrogens with zero attached hydrogens (tertiary/aromatic N) is 2. The van der Waals surface area contributed by atoms with E-state index in [0.717, 1.165) is 5.56 Å². The van der Waals surface area contributed by atoms with Crippen LogP contribution in [0.25, 0.3) is 0 Å². The summed E-state index contributed by atoms with van der Waals surface area (Å²) in [6, 6.07) is 25.6. The smallest absolute Gasteiger partial charge is 0.404 e. The van der Waals surface area contributed by atoms with E-state index in [9.17, 15) is 21.6 Å². The summed E-state index contributed by atoms with van der Waals surface area (Å²) in [6.07, 6.45) is -2.09. The van der Waals surface area contributed by atoms with Crippen molar-refractivity contribution in [2.75, 3.05) is 10.1 Å². The van der Waals surface area contributed by atoms with E-state index in [-0.39, 0.29) is 17.0 Å². The Bertz CT molecular complexity index is 1420. The van der Waals surface area contributed by atoms with Crippen LogP contribution in [-0.4, -0.2) is 25.3 Å². The van der Waals surface area contributed by atoms with Crippen molar-refractivity contribution in [3.63, 3.8) is 0 Å². The summed E-state index contributed by atoms with van der Waals surface area (Å²) in [5.74, 6) is -0.789. The van der Waals surface area contributed by atoms with E-state index in [1.165, 1.54) is 30.6 Å². The van der Waals surface area contributed by atoms with E-state index in [4.69, 9.17) is 9.47 Å². The van der Waals surface area contributed by atoms with Crippen LogP contribution in [0.4, 0.5) is 18.9 Å². The molecule has 0 saturated carbocycles. The second kappa shape index (κ2) is 11.3. The van der Waals surface area contributed by atoms with Crippen molar-refractivity contribution in [1.82, 2.24) is 4.98 Å².